The number of amides is 2. The number of ether oxygens (including phenoxy) is 4. The number of thioether (sulfide) groups is 1. The van der Waals surface area contributed by atoms with Crippen molar-refractivity contribution in [1.82, 2.24) is 15.2 Å². The van der Waals surface area contributed by atoms with E-state index in [4.69, 9.17) is 19.9 Å². The molecule has 2 unspecified atom stereocenters. The number of fused-ring (bicyclic) bond motifs is 1. The van der Waals surface area contributed by atoms with E-state index in [9.17, 15) is 24.4 Å². The molecule has 34 heavy (non-hydrogen) atoms. The molecule has 3 atom stereocenters. The molecule has 16 heteroatoms. The summed E-state index contributed by atoms with van der Waals surface area (Å²) in [4.78, 5) is 54.7. The van der Waals surface area contributed by atoms with Crippen molar-refractivity contribution in [2.75, 3.05) is 32.3 Å². The van der Waals surface area contributed by atoms with Crippen molar-refractivity contribution in [3.05, 3.63) is 22.3 Å². The van der Waals surface area contributed by atoms with Crippen LogP contribution >= 0.6 is 23.1 Å². The highest BCUT2D eigenvalue weighted by molar-refractivity contribution is 8.00. The van der Waals surface area contributed by atoms with E-state index >= 15 is 0 Å². The molecule has 2 aliphatic heterocycles. The normalized spacial score (nSPS) is 20.7. The van der Waals surface area contributed by atoms with Crippen molar-refractivity contribution in [3.8, 4) is 0 Å². The van der Waals surface area contributed by atoms with Crippen LogP contribution in [0.5, 0.6) is 0 Å². The lowest BCUT2D eigenvalue weighted by Crippen LogP contribution is -2.71. The van der Waals surface area contributed by atoms with Gasteiger partial charge in [0.25, 0.3) is 11.8 Å². The van der Waals surface area contributed by atoms with Gasteiger partial charge in [-0.05, 0) is 5.57 Å². The van der Waals surface area contributed by atoms with Crippen LogP contribution < -0.4 is 11.1 Å². The van der Waals surface area contributed by atoms with Gasteiger partial charge in [0, 0.05) is 25.2 Å². The molecule has 0 radical (unpaired) electrons. The van der Waals surface area contributed by atoms with Gasteiger partial charge >= 0.3 is 12.1 Å². The number of rotatable bonds is 8. The van der Waals surface area contributed by atoms with Crippen molar-refractivity contribution in [2.45, 2.75) is 24.6 Å². The molecular formula is C18H21N5O9S2. The number of thiazole rings is 1. The van der Waals surface area contributed by atoms with Crippen LogP contribution in [-0.2, 0) is 33.3 Å². The van der Waals surface area contributed by atoms with Crippen LogP contribution in [0.15, 0.2) is 21.8 Å². The number of nitrogens with one attached hydrogen (secondary N) is 1. The second-order valence-electron chi connectivity index (χ2n) is 6.81. The minimum atomic E-state index is -1.29. The standard InChI is InChI=1S/C18H21N5O9S2/c1-7(32-18(27)30-3)31-16(26)12-8(4-29-2)5-33-15-11(14(25)23(12)15)21-13(24)10(22-28)9-6-34-17(19)20-9/h6-7,11,15,28H,4-5H2,1-3H3,(H2,19,20)(H,21,24)/t7?,11?,15-/m1/s1. The summed E-state index contributed by atoms with van der Waals surface area (Å²) in [6, 6.07) is -1.01. The highest BCUT2D eigenvalue weighted by Gasteiger charge is 2.55. The first-order valence-electron chi connectivity index (χ1n) is 9.57. The molecule has 3 heterocycles. The Morgan fingerprint density at radius 2 is 2.12 bits per heavy atom. The number of nitrogen functional groups attached to an aromatic ring is 1. The second-order valence-corrected chi connectivity index (χ2v) is 8.81. The molecule has 1 aromatic heterocycles. The van der Waals surface area contributed by atoms with Gasteiger partial charge in [-0.2, -0.15) is 0 Å². The first-order chi connectivity index (χ1) is 16.2. The quantitative estimate of drug-likeness (QED) is 0.104. The number of aromatic nitrogens is 1. The molecule has 184 valence electrons. The number of oxime groups is 1. The predicted octanol–water partition coefficient (Wildman–Crippen LogP) is -0.124. The van der Waals surface area contributed by atoms with E-state index in [2.05, 4.69) is 20.2 Å². The fourth-order valence-electron chi connectivity index (χ4n) is 3.19. The zero-order chi connectivity index (χ0) is 25.0. The number of carbonyl (C=O) groups is 4. The van der Waals surface area contributed by atoms with Gasteiger partial charge in [0.05, 0.1) is 13.7 Å². The maximum absolute atomic E-state index is 12.9. The van der Waals surface area contributed by atoms with Gasteiger partial charge in [-0.15, -0.1) is 23.1 Å². The molecule has 0 aliphatic carbocycles. The van der Waals surface area contributed by atoms with Crippen LogP contribution in [0.1, 0.15) is 12.6 Å². The number of hydrogen-bond donors (Lipinski definition) is 3. The minimum absolute atomic E-state index is 0.0454. The fraction of sp³-hybridized carbons (Fsp3) is 0.444. The van der Waals surface area contributed by atoms with Gasteiger partial charge < -0.3 is 35.2 Å². The number of nitrogens with zero attached hydrogens (tertiary/aromatic N) is 3. The summed E-state index contributed by atoms with van der Waals surface area (Å²) < 4.78 is 19.4. The first-order valence-corrected chi connectivity index (χ1v) is 11.5. The van der Waals surface area contributed by atoms with E-state index in [0.717, 1.165) is 18.4 Å². The molecule has 1 fully saturated rings. The van der Waals surface area contributed by atoms with Crippen molar-refractivity contribution in [1.29, 1.82) is 0 Å². The Kier molecular flexibility index (Phi) is 7.95. The maximum Gasteiger partial charge on any atom is 0.511 e. The van der Waals surface area contributed by atoms with E-state index in [0.29, 0.717) is 11.3 Å². The van der Waals surface area contributed by atoms with E-state index < -0.39 is 47.4 Å². The topological polar surface area (TPSA) is 192 Å². The van der Waals surface area contributed by atoms with Gasteiger partial charge in [-0.25, -0.2) is 14.6 Å². The third-order valence-electron chi connectivity index (χ3n) is 4.63. The van der Waals surface area contributed by atoms with Crippen LogP contribution in [0.25, 0.3) is 0 Å². The number of methoxy groups -OCH3 is 2. The Labute approximate surface area is 201 Å². The highest BCUT2D eigenvalue weighted by Crippen LogP contribution is 2.40. The van der Waals surface area contributed by atoms with E-state index in [1.165, 1.54) is 36.1 Å². The average molecular weight is 516 g/mol. The Balaban J connectivity index is 1.75. The fourth-order valence-corrected chi connectivity index (χ4v) is 5.07. The maximum atomic E-state index is 12.9. The van der Waals surface area contributed by atoms with Crippen LogP contribution in [-0.4, -0.2) is 89.0 Å². The van der Waals surface area contributed by atoms with Gasteiger partial charge in [0.15, 0.2) is 10.8 Å². The van der Waals surface area contributed by atoms with Gasteiger partial charge in [0.2, 0.25) is 6.29 Å². The summed E-state index contributed by atoms with van der Waals surface area (Å²) >= 11 is 2.34. The van der Waals surface area contributed by atoms with Crippen molar-refractivity contribution >= 4 is 57.9 Å². The summed E-state index contributed by atoms with van der Waals surface area (Å²) in [5.74, 6) is -2.05. The molecule has 3 rings (SSSR count). The predicted molar refractivity (Wildman–Crippen MR) is 118 cm³/mol. The SMILES string of the molecule is COCC1=C(C(=O)OC(C)OC(=O)OC)N2C(=O)C(NC(=O)C(=NO)c3csc(N)n3)[C@H]2SC1. The minimum Gasteiger partial charge on any atom is -0.438 e. The number of hydrogen-bond acceptors (Lipinski definition) is 14. The van der Waals surface area contributed by atoms with Crippen LogP contribution in [0.3, 0.4) is 0 Å². The van der Waals surface area contributed by atoms with E-state index in [-0.39, 0.29) is 23.1 Å². The van der Waals surface area contributed by atoms with Crippen LogP contribution in [0.2, 0.25) is 0 Å². The smallest absolute Gasteiger partial charge is 0.438 e. The summed E-state index contributed by atoms with van der Waals surface area (Å²) in [6.07, 6.45) is -2.33. The second kappa shape index (κ2) is 10.7. The average Bonchev–Trinajstić information content (AvgIpc) is 3.23. The number of anilines is 1. The van der Waals surface area contributed by atoms with Crippen molar-refractivity contribution in [2.24, 2.45) is 5.16 Å². The molecule has 2 amide bonds. The lowest BCUT2D eigenvalue weighted by atomic mass is 10.0. The van der Waals surface area contributed by atoms with Crippen molar-refractivity contribution in [3.63, 3.8) is 0 Å². The largest absolute Gasteiger partial charge is 0.511 e. The van der Waals surface area contributed by atoms with Gasteiger partial charge in [-0.1, -0.05) is 5.16 Å². The Morgan fingerprint density at radius 1 is 1.38 bits per heavy atom. The molecule has 0 aromatic carbocycles. The van der Waals surface area contributed by atoms with Gasteiger partial charge in [0.1, 0.15) is 22.8 Å². The molecular weight excluding hydrogens is 494 g/mol. The summed E-state index contributed by atoms with van der Waals surface area (Å²) in [5, 5.41) is 15.7. The van der Waals surface area contributed by atoms with Crippen LogP contribution in [0.4, 0.5) is 9.93 Å². The molecule has 14 nitrogen and oxygen atoms in total. The third-order valence-corrected chi connectivity index (χ3v) is 6.64. The Hall–Kier alpha value is -3.37. The Bertz CT molecular complexity index is 1060. The lowest BCUT2D eigenvalue weighted by molar-refractivity contribution is -0.168. The monoisotopic (exact) mass is 515 g/mol. The lowest BCUT2D eigenvalue weighted by Gasteiger charge is -2.49. The summed E-state index contributed by atoms with van der Waals surface area (Å²) in [5.41, 5.74) is 5.60. The molecule has 1 aromatic rings. The number of nitrogens with two attached hydrogens (primary N) is 1. The first kappa shape index (κ1) is 25.3. The highest BCUT2D eigenvalue weighted by atomic mass is 32.2. The number of esters is 1. The third kappa shape index (κ3) is 5.07. The number of β-lactam (4-membered cyclic amide) rings is 1. The summed E-state index contributed by atoms with van der Waals surface area (Å²) in [7, 11) is 2.53. The van der Waals surface area contributed by atoms with E-state index in [1.807, 2.05) is 0 Å². The molecule has 0 spiro atoms. The molecule has 1 saturated heterocycles. The molecule has 0 saturated carbocycles. The molecule has 2 aliphatic rings. The molecule has 4 N–H and O–H groups in total. The van der Waals surface area contributed by atoms with Crippen LogP contribution in [0, 0.1) is 0 Å². The summed E-state index contributed by atoms with van der Waals surface area (Å²) in [6.45, 7) is 1.35. The van der Waals surface area contributed by atoms with Gasteiger partial charge in [-0.3, -0.25) is 14.5 Å². The van der Waals surface area contributed by atoms with Crippen molar-refractivity contribution < 1.29 is 43.3 Å². The van der Waals surface area contributed by atoms with E-state index in [1.54, 1.807) is 0 Å². The number of carbonyl (C=O) groups excluding carboxylic acids is 4. The zero-order valence-corrected chi connectivity index (χ0v) is 19.8. The Morgan fingerprint density at radius 3 is 2.71 bits per heavy atom. The zero-order valence-electron chi connectivity index (χ0n) is 18.2. The molecule has 0 bridgehead atoms.